The number of hydrogen-bond acceptors (Lipinski definition) is 3. The maximum atomic E-state index is 11.0. The van der Waals surface area contributed by atoms with E-state index in [4.69, 9.17) is 5.11 Å². The largest absolute Gasteiger partial charge is 0.479 e. The van der Waals surface area contributed by atoms with E-state index in [0.29, 0.717) is 13.0 Å². The van der Waals surface area contributed by atoms with Gasteiger partial charge in [-0.25, -0.2) is 4.79 Å². The summed E-state index contributed by atoms with van der Waals surface area (Å²) in [7, 11) is 0. The molecule has 2 fully saturated rings. The van der Waals surface area contributed by atoms with Gasteiger partial charge >= 0.3 is 5.97 Å². The highest BCUT2D eigenvalue weighted by molar-refractivity contribution is 5.88. The number of hydrogen-bond donors (Lipinski definition) is 2. The molecular formula is C7H10N2O3. The summed E-state index contributed by atoms with van der Waals surface area (Å²) >= 11 is 0. The van der Waals surface area contributed by atoms with E-state index in [0.717, 1.165) is 6.42 Å². The lowest BCUT2D eigenvalue weighted by Gasteiger charge is -2.47. The smallest absolute Gasteiger partial charge is 0.341 e. The predicted octanol–water partition coefficient (Wildman–Crippen LogP) is -1.01. The molecule has 0 radical (unpaired) electrons. The van der Waals surface area contributed by atoms with Crippen molar-refractivity contribution in [2.45, 2.75) is 25.0 Å². The highest BCUT2D eigenvalue weighted by Gasteiger charge is 2.45. The molecule has 2 heterocycles. The van der Waals surface area contributed by atoms with Crippen LogP contribution < -0.4 is 5.32 Å². The molecule has 2 aliphatic rings. The molecule has 0 aliphatic carbocycles. The molecule has 0 saturated carbocycles. The lowest BCUT2D eigenvalue weighted by Crippen LogP contribution is -2.68. The molecule has 2 atom stereocenters. The maximum absolute atomic E-state index is 11.0. The number of aliphatic carboxylic acids is 1. The van der Waals surface area contributed by atoms with E-state index in [1.165, 1.54) is 4.90 Å². The first kappa shape index (κ1) is 7.54. The molecule has 12 heavy (non-hydrogen) atoms. The summed E-state index contributed by atoms with van der Waals surface area (Å²) in [6, 6.07) is 0.167. The number of carboxylic acids is 1. The lowest BCUT2D eigenvalue weighted by molar-refractivity contribution is -0.167. The number of amides is 1. The van der Waals surface area contributed by atoms with Crippen molar-refractivity contribution in [3.05, 3.63) is 0 Å². The number of nitrogens with zero attached hydrogens (tertiary/aromatic N) is 1. The molecule has 0 aromatic rings. The Morgan fingerprint density at radius 2 is 2.42 bits per heavy atom. The Morgan fingerprint density at radius 1 is 1.67 bits per heavy atom. The molecular weight excluding hydrogens is 160 g/mol. The highest BCUT2D eigenvalue weighted by Crippen LogP contribution is 2.26. The summed E-state index contributed by atoms with van der Waals surface area (Å²) < 4.78 is 0. The van der Waals surface area contributed by atoms with E-state index >= 15 is 0 Å². The average molecular weight is 170 g/mol. The zero-order valence-corrected chi connectivity index (χ0v) is 6.49. The van der Waals surface area contributed by atoms with Gasteiger partial charge in [-0.15, -0.1) is 0 Å². The third-order valence-corrected chi connectivity index (χ3v) is 2.42. The van der Waals surface area contributed by atoms with Crippen LogP contribution in [0.2, 0.25) is 0 Å². The Morgan fingerprint density at radius 3 is 2.92 bits per heavy atom. The Kier molecular flexibility index (Phi) is 1.54. The minimum Gasteiger partial charge on any atom is -0.479 e. The summed E-state index contributed by atoms with van der Waals surface area (Å²) in [5.41, 5.74) is 0. The molecule has 0 spiro atoms. The standard InChI is InChI=1S/C7H10N2O3/c10-5-3-4-1-2-8-6(7(11)12)9(4)5/h4,6,8H,1-3H2,(H,11,12). The minimum absolute atomic E-state index is 0.0559. The second-order valence-electron chi connectivity index (χ2n) is 3.14. The van der Waals surface area contributed by atoms with Crippen LogP contribution in [0.25, 0.3) is 0 Å². The first-order valence-corrected chi connectivity index (χ1v) is 3.97. The normalized spacial score (nSPS) is 34.0. The fraction of sp³-hybridized carbons (Fsp3) is 0.714. The highest BCUT2D eigenvalue weighted by atomic mass is 16.4. The average Bonchev–Trinajstić information content (AvgIpc) is 2.01. The molecule has 0 aromatic carbocycles. The van der Waals surface area contributed by atoms with Crippen LogP contribution >= 0.6 is 0 Å². The Balaban J connectivity index is 2.12. The first-order chi connectivity index (χ1) is 5.70. The van der Waals surface area contributed by atoms with E-state index in [2.05, 4.69) is 5.32 Å². The van der Waals surface area contributed by atoms with Crippen LogP contribution in [-0.4, -0.2) is 40.6 Å². The Bertz CT molecular complexity index is 233. The zero-order chi connectivity index (χ0) is 8.72. The number of carbonyl (C=O) groups excluding carboxylic acids is 1. The number of carbonyl (C=O) groups is 2. The van der Waals surface area contributed by atoms with Crippen LogP contribution in [0.15, 0.2) is 0 Å². The molecule has 2 saturated heterocycles. The zero-order valence-electron chi connectivity index (χ0n) is 6.49. The van der Waals surface area contributed by atoms with Gasteiger partial charge in [0.15, 0.2) is 6.17 Å². The molecule has 2 rings (SSSR count). The van der Waals surface area contributed by atoms with Crippen molar-refractivity contribution in [2.75, 3.05) is 6.54 Å². The molecule has 2 unspecified atom stereocenters. The number of carboxylic acid groups (broad SMARTS) is 1. The second kappa shape index (κ2) is 2.45. The third-order valence-electron chi connectivity index (χ3n) is 2.42. The van der Waals surface area contributed by atoms with E-state index in [1.807, 2.05) is 0 Å². The van der Waals surface area contributed by atoms with Gasteiger partial charge in [-0.05, 0) is 13.0 Å². The number of rotatable bonds is 1. The molecule has 0 aromatic heterocycles. The molecule has 0 bridgehead atoms. The molecule has 1 amide bonds. The number of fused-ring (bicyclic) bond motifs is 1. The molecule has 2 N–H and O–H groups in total. The molecule has 5 nitrogen and oxygen atoms in total. The predicted molar refractivity (Wildman–Crippen MR) is 39.3 cm³/mol. The van der Waals surface area contributed by atoms with Crippen molar-refractivity contribution >= 4 is 11.9 Å². The summed E-state index contributed by atoms with van der Waals surface area (Å²) in [6.45, 7) is 0.686. The van der Waals surface area contributed by atoms with Gasteiger partial charge in [0, 0.05) is 12.5 Å². The summed E-state index contributed by atoms with van der Waals surface area (Å²) in [5.74, 6) is -1.02. The quantitative estimate of drug-likeness (QED) is 0.495. The van der Waals surface area contributed by atoms with Crippen molar-refractivity contribution < 1.29 is 14.7 Å². The van der Waals surface area contributed by atoms with Crippen LogP contribution in [0, 0.1) is 0 Å². The fourth-order valence-corrected chi connectivity index (χ4v) is 1.78. The van der Waals surface area contributed by atoms with Crippen LogP contribution in [0.3, 0.4) is 0 Å². The fourth-order valence-electron chi connectivity index (χ4n) is 1.78. The van der Waals surface area contributed by atoms with E-state index in [-0.39, 0.29) is 11.9 Å². The van der Waals surface area contributed by atoms with Gasteiger partial charge in [0.05, 0.1) is 0 Å². The summed E-state index contributed by atoms with van der Waals surface area (Å²) in [6.07, 6.45) is 0.603. The van der Waals surface area contributed by atoms with Crippen LogP contribution in [0.5, 0.6) is 0 Å². The van der Waals surface area contributed by atoms with Crippen molar-refractivity contribution in [3.8, 4) is 0 Å². The van der Waals surface area contributed by atoms with Gasteiger partial charge in [0.25, 0.3) is 0 Å². The van der Waals surface area contributed by atoms with Gasteiger partial charge in [0.2, 0.25) is 5.91 Å². The maximum Gasteiger partial charge on any atom is 0.341 e. The van der Waals surface area contributed by atoms with Gasteiger partial charge < -0.3 is 10.0 Å². The second-order valence-corrected chi connectivity index (χ2v) is 3.14. The number of β-lactam (4-membered cyclic amide) rings is 1. The summed E-state index contributed by atoms with van der Waals surface area (Å²) in [4.78, 5) is 23.1. The topological polar surface area (TPSA) is 69.6 Å². The molecule has 2 aliphatic heterocycles. The van der Waals surface area contributed by atoms with Crippen LogP contribution in [-0.2, 0) is 9.59 Å². The lowest BCUT2D eigenvalue weighted by atomic mass is 9.95. The summed E-state index contributed by atoms with van der Waals surface area (Å²) in [5, 5.41) is 11.5. The Labute approximate surface area is 69.3 Å². The first-order valence-electron chi connectivity index (χ1n) is 3.97. The van der Waals surface area contributed by atoms with Gasteiger partial charge in [-0.2, -0.15) is 0 Å². The third kappa shape index (κ3) is 0.896. The van der Waals surface area contributed by atoms with Crippen molar-refractivity contribution in [1.82, 2.24) is 10.2 Å². The van der Waals surface area contributed by atoms with Crippen molar-refractivity contribution in [1.29, 1.82) is 0 Å². The van der Waals surface area contributed by atoms with Gasteiger partial charge in [-0.1, -0.05) is 0 Å². The van der Waals surface area contributed by atoms with Crippen LogP contribution in [0.4, 0.5) is 0 Å². The van der Waals surface area contributed by atoms with Crippen molar-refractivity contribution in [3.63, 3.8) is 0 Å². The van der Waals surface area contributed by atoms with Gasteiger partial charge in [0.1, 0.15) is 0 Å². The number of nitrogens with one attached hydrogen (secondary N) is 1. The Hall–Kier alpha value is -1.10. The van der Waals surface area contributed by atoms with Gasteiger partial charge in [-0.3, -0.25) is 10.1 Å². The van der Waals surface area contributed by atoms with E-state index in [1.54, 1.807) is 0 Å². The van der Waals surface area contributed by atoms with E-state index in [9.17, 15) is 9.59 Å². The minimum atomic E-state index is -0.965. The molecule has 5 heteroatoms. The monoisotopic (exact) mass is 170 g/mol. The van der Waals surface area contributed by atoms with Crippen LogP contribution in [0.1, 0.15) is 12.8 Å². The van der Waals surface area contributed by atoms with E-state index < -0.39 is 12.1 Å². The SMILES string of the molecule is O=C(O)C1NCCC2CC(=O)N21. The van der Waals surface area contributed by atoms with Crippen molar-refractivity contribution in [2.24, 2.45) is 0 Å². The molecule has 66 valence electrons.